The molecule has 3 aromatic rings. The lowest BCUT2D eigenvalue weighted by atomic mass is 10.0. The summed E-state index contributed by atoms with van der Waals surface area (Å²) in [6.45, 7) is 0. The maximum absolute atomic E-state index is 12.8. The Hall–Kier alpha value is -4.65. The first-order valence-electron chi connectivity index (χ1n) is 9.17. The Balaban J connectivity index is 1.83. The monoisotopic (exact) mass is 454 g/mol. The Labute approximate surface area is 184 Å². The van der Waals surface area contributed by atoms with Crippen LogP contribution in [-0.2, 0) is 6.18 Å². The van der Waals surface area contributed by atoms with Gasteiger partial charge in [-0.2, -0.15) is 18.4 Å². The van der Waals surface area contributed by atoms with Crippen molar-refractivity contribution in [3.05, 3.63) is 99.1 Å². The number of rotatable bonds is 6. The number of carboxylic acid groups (broad SMARTS) is 1. The van der Waals surface area contributed by atoms with E-state index in [4.69, 9.17) is 9.84 Å². The summed E-state index contributed by atoms with van der Waals surface area (Å²) in [6.07, 6.45) is -3.19. The van der Waals surface area contributed by atoms with Crippen molar-refractivity contribution in [3.63, 3.8) is 0 Å². The second-order valence-electron chi connectivity index (χ2n) is 6.66. The fourth-order valence-corrected chi connectivity index (χ4v) is 2.82. The Morgan fingerprint density at radius 2 is 1.64 bits per heavy atom. The molecule has 0 atom stereocenters. The molecule has 0 aliphatic heterocycles. The highest BCUT2D eigenvalue weighted by Gasteiger charge is 2.33. The molecule has 0 bridgehead atoms. The van der Waals surface area contributed by atoms with Crippen LogP contribution in [0.2, 0.25) is 0 Å². The van der Waals surface area contributed by atoms with E-state index in [1.165, 1.54) is 36.4 Å². The summed E-state index contributed by atoms with van der Waals surface area (Å²) in [5.41, 5.74) is -0.576. The van der Waals surface area contributed by atoms with Crippen molar-refractivity contribution in [1.82, 2.24) is 0 Å². The number of benzene rings is 3. The van der Waals surface area contributed by atoms with Crippen molar-refractivity contribution in [1.29, 1.82) is 5.26 Å². The number of nitrogens with zero attached hydrogens (tertiary/aromatic N) is 2. The molecule has 0 aliphatic rings. The van der Waals surface area contributed by atoms with E-state index < -0.39 is 28.3 Å². The molecule has 0 unspecified atom stereocenters. The van der Waals surface area contributed by atoms with Crippen molar-refractivity contribution in [3.8, 4) is 17.6 Å². The highest BCUT2D eigenvalue weighted by Crippen LogP contribution is 2.37. The van der Waals surface area contributed by atoms with E-state index in [1.807, 2.05) is 6.07 Å². The summed E-state index contributed by atoms with van der Waals surface area (Å²) < 4.78 is 43.9. The quantitative estimate of drug-likeness (QED) is 0.206. The van der Waals surface area contributed by atoms with E-state index in [9.17, 15) is 33.3 Å². The lowest BCUT2D eigenvalue weighted by Gasteiger charge is -2.10. The van der Waals surface area contributed by atoms with Gasteiger partial charge in [-0.15, -0.1) is 0 Å². The second-order valence-corrected chi connectivity index (χ2v) is 6.66. The Morgan fingerprint density at radius 1 is 1.03 bits per heavy atom. The van der Waals surface area contributed by atoms with Gasteiger partial charge in [-0.3, -0.25) is 10.1 Å². The molecule has 0 aliphatic carbocycles. The number of ether oxygens (including phenoxy) is 1. The second kappa shape index (κ2) is 9.23. The minimum Gasteiger partial charge on any atom is -0.478 e. The summed E-state index contributed by atoms with van der Waals surface area (Å²) >= 11 is 0. The van der Waals surface area contributed by atoms with E-state index in [0.29, 0.717) is 23.3 Å². The first-order chi connectivity index (χ1) is 15.6. The summed E-state index contributed by atoms with van der Waals surface area (Å²) in [4.78, 5) is 21.2. The van der Waals surface area contributed by atoms with Crippen LogP contribution in [0.25, 0.3) is 11.6 Å². The van der Waals surface area contributed by atoms with E-state index in [-0.39, 0.29) is 22.6 Å². The van der Waals surface area contributed by atoms with Crippen LogP contribution in [0, 0.1) is 21.4 Å². The molecule has 3 rings (SSSR count). The number of halogens is 3. The van der Waals surface area contributed by atoms with Gasteiger partial charge in [0.25, 0.3) is 0 Å². The van der Waals surface area contributed by atoms with Gasteiger partial charge in [-0.1, -0.05) is 24.3 Å². The first kappa shape index (κ1) is 23.0. The third kappa shape index (κ3) is 5.54. The number of nitro groups is 1. The third-order valence-corrected chi connectivity index (χ3v) is 4.47. The Morgan fingerprint density at radius 3 is 2.15 bits per heavy atom. The number of hydrogen-bond donors (Lipinski definition) is 1. The molecule has 0 saturated heterocycles. The largest absolute Gasteiger partial charge is 0.478 e. The number of aromatic carboxylic acids is 1. The fourth-order valence-electron chi connectivity index (χ4n) is 2.82. The number of carbonyl (C=O) groups is 1. The van der Waals surface area contributed by atoms with E-state index in [0.717, 1.165) is 6.07 Å². The number of hydrogen-bond acceptors (Lipinski definition) is 5. The third-order valence-electron chi connectivity index (χ3n) is 4.47. The number of nitriles is 1. The minimum atomic E-state index is -4.73. The molecule has 1 N–H and O–H groups in total. The van der Waals surface area contributed by atoms with Crippen LogP contribution in [0.15, 0.2) is 66.7 Å². The molecule has 10 heteroatoms. The van der Waals surface area contributed by atoms with Gasteiger partial charge in [-0.25, -0.2) is 4.79 Å². The van der Waals surface area contributed by atoms with Crippen molar-refractivity contribution < 1.29 is 32.7 Å². The lowest BCUT2D eigenvalue weighted by Crippen LogP contribution is -2.06. The van der Waals surface area contributed by atoms with Crippen molar-refractivity contribution in [2.45, 2.75) is 6.18 Å². The zero-order valence-electron chi connectivity index (χ0n) is 16.5. The van der Waals surface area contributed by atoms with Crippen molar-refractivity contribution in [2.75, 3.05) is 0 Å². The summed E-state index contributed by atoms with van der Waals surface area (Å²) in [5, 5.41) is 29.6. The van der Waals surface area contributed by atoms with E-state index >= 15 is 0 Å². The maximum Gasteiger partial charge on any atom is 0.416 e. The van der Waals surface area contributed by atoms with Gasteiger partial charge in [-0.05, 0) is 53.6 Å². The zero-order chi connectivity index (χ0) is 24.2. The highest BCUT2D eigenvalue weighted by atomic mass is 19.4. The minimum absolute atomic E-state index is 0.0786. The molecule has 0 saturated carbocycles. The normalized spacial score (nSPS) is 11.5. The van der Waals surface area contributed by atoms with E-state index in [2.05, 4.69) is 0 Å². The Bertz CT molecular complexity index is 1280. The molecule has 0 fully saturated rings. The standard InChI is InChI=1S/C23H13F3N2O5/c24-23(25,26)18-7-10-21(20(12-18)28(31)32)33-19-8-1-14(2-9-19)11-17(13-27)15-3-5-16(6-4-15)22(29)30/h1-12H,(H,29,30). The molecule has 0 spiro atoms. The van der Waals surface area contributed by atoms with Crippen LogP contribution in [-0.4, -0.2) is 16.0 Å². The van der Waals surface area contributed by atoms with Gasteiger partial charge in [0, 0.05) is 6.07 Å². The van der Waals surface area contributed by atoms with Crippen molar-refractivity contribution in [2.24, 2.45) is 0 Å². The molecule has 7 nitrogen and oxygen atoms in total. The molecular formula is C23H13F3N2O5. The van der Waals surface area contributed by atoms with Crippen LogP contribution < -0.4 is 4.74 Å². The average Bonchev–Trinajstić information content (AvgIpc) is 2.78. The van der Waals surface area contributed by atoms with Gasteiger partial charge < -0.3 is 9.84 Å². The number of nitro benzene ring substituents is 1. The smallest absolute Gasteiger partial charge is 0.416 e. The molecule has 166 valence electrons. The zero-order valence-corrected chi connectivity index (χ0v) is 16.5. The fraction of sp³-hybridized carbons (Fsp3) is 0.0435. The topological polar surface area (TPSA) is 113 Å². The predicted molar refractivity (Wildman–Crippen MR) is 111 cm³/mol. The lowest BCUT2D eigenvalue weighted by molar-refractivity contribution is -0.385. The maximum atomic E-state index is 12.8. The van der Waals surface area contributed by atoms with Gasteiger partial charge in [0.2, 0.25) is 5.75 Å². The molecule has 0 radical (unpaired) electrons. The SMILES string of the molecule is N#CC(=Cc1ccc(Oc2ccc(C(F)(F)F)cc2[N+](=O)[O-])cc1)c1ccc(C(=O)O)cc1. The average molecular weight is 454 g/mol. The van der Waals surface area contributed by atoms with Crippen LogP contribution in [0.1, 0.15) is 27.0 Å². The Kier molecular flexibility index (Phi) is 6.44. The van der Waals surface area contributed by atoms with Gasteiger partial charge in [0.05, 0.1) is 27.7 Å². The molecular weight excluding hydrogens is 441 g/mol. The summed E-state index contributed by atoms with van der Waals surface area (Å²) in [5.74, 6) is -1.31. The summed E-state index contributed by atoms with van der Waals surface area (Å²) in [6, 6.07) is 15.7. The van der Waals surface area contributed by atoms with Crippen molar-refractivity contribution >= 4 is 23.3 Å². The molecule has 0 aromatic heterocycles. The van der Waals surface area contributed by atoms with Gasteiger partial charge >= 0.3 is 17.8 Å². The van der Waals surface area contributed by atoms with Crippen LogP contribution in [0.4, 0.5) is 18.9 Å². The predicted octanol–water partition coefficient (Wildman–Crippen LogP) is 6.17. The first-order valence-corrected chi connectivity index (χ1v) is 9.17. The number of allylic oxidation sites excluding steroid dienone is 1. The van der Waals surface area contributed by atoms with Crippen LogP contribution >= 0.6 is 0 Å². The molecule has 3 aromatic carbocycles. The van der Waals surface area contributed by atoms with Gasteiger partial charge in [0.15, 0.2) is 0 Å². The van der Waals surface area contributed by atoms with Gasteiger partial charge in [0.1, 0.15) is 5.75 Å². The van der Waals surface area contributed by atoms with Crippen LogP contribution in [0.5, 0.6) is 11.5 Å². The highest BCUT2D eigenvalue weighted by molar-refractivity contribution is 5.92. The summed E-state index contributed by atoms with van der Waals surface area (Å²) in [7, 11) is 0. The van der Waals surface area contributed by atoms with E-state index in [1.54, 1.807) is 18.2 Å². The molecule has 0 amide bonds. The van der Waals surface area contributed by atoms with Crippen LogP contribution in [0.3, 0.4) is 0 Å². The molecule has 0 heterocycles. The number of carboxylic acids is 1. The number of alkyl halides is 3. The molecule has 33 heavy (non-hydrogen) atoms.